The third kappa shape index (κ3) is 3.61. The molecule has 0 radical (unpaired) electrons. The van der Waals surface area contributed by atoms with Gasteiger partial charge in [0.15, 0.2) is 0 Å². The Morgan fingerprint density at radius 1 is 1.27 bits per heavy atom. The SMILES string of the molecule is CCOc1cc(S(=O)(=O)N2CCN(C(C)=O)CC2)ccc1Br. The van der Waals surface area contributed by atoms with Gasteiger partial charge in [0.2, 0.25) is 15.9 Å². The Kier molecular flexibility index (Phi) is 5.46. The smallest absolute Gasteiger partial charge is 0.243 e. The minimum atomic E-state index is -3.57. The molecule has 1 fully saturated rings. The van der Waals surface area contributed by atoms with Gasteiger partial charge in [-0.15, -0.1) is 0 Å². The number of carbonyl (C=O) groups excluding carboxylic acids is 1. The standard InChI is InChI=1S/C14H19BrN2O4S/c1-3-21-14-10-12(4-5-13(14)15)22(19,20)17-8-6-16(7-9-17)11(2)18/h4-5,10H,3,6-9H2,1-2H3. The summed E-state index contributed by atoms with van der Waals surface area (Å²) in [4.78, 5) is 13.2. The first-order valence-electron chi connectivity index (χ1n) is 7.04. The molecule has 1 aliphatic heterocycles. The van der Waals surface area contributed by atoms with Crippen molar-refractivity contribution >= 4 is 31.9 Å². The van der Waals surface area contributed by atoms with Crippen LogP contribution in [0.4, 0.5) is 0 Å². The lowest BCUT2D eigenvalue weighted by molar-refractivity contribution is -0.129. The van der Waals surface area contributed by atoms with E-state index in [9.17, 15) is 13.2 Å². The van der Waals surface area contributed by atoms with Crippen LogP contribution in [0.25, 0.3) is 0 Å². The van der Waals surface area contributed by atoms with Crippen molar-refractivity contribution in [1.82, 2.24) is 9.21 Å². The molecule has 122 valence electrons. The van der Waals surface area contributed by atoms with Crippen LogP contribution in [0.3, 0.4) is 0 Å². The summed E-state index contributed by atoms with van der Waals surface area (Å²) in [7, 11) is -3.57. The fourth-order valence-electron chi connectivity index (χ4n) is 2.30. The lowest BCUT2D eigenvalue weighted by Crippen LogP contribution is -2.49. The molecule has 1 aromatic rings. The molecule has 8 heteroatoms. The first-order valence-corrected chi connectivity index (χ1v) is 9.27. The second-order valence-corrected chi connectivity index (χ2v) is 7.73. The van der Waals surface area contributed by atoms with Gasteiger partial charge in [-0.1, -0.05) is 0 Å². The van der Waals surface area contributed by atoms with Gasteiger partial charge in [0.25, 0.3) is 0 Å². The third-order valence-corrected chi connectivity index (χ3v) is 6.07. The van der Waals surface area contributed by atoms with Crippen LogP contribution in [0.5, 0.6) is 5.75 Å². The molecule has 1 heterocycles. The van der Waals surface area contributed by atoms with E-state index in [0.717, 1.165) is 4.47 Å². The highest BCUT2D eigenvalue weighted by molar-refractivity contribution is 9.10. The molecule has 2 rings (SSSR count). The van der Waals surface area contributed by atoms with Crippen LogP contribution in [-0.4, -0.2) is 56.3 Å². The number of hydrogen-bond donors (Lipinski definition) is 0. The van der Waals surface area contributed by atoms with Crippen molar-refractivity contribution in [3.05, 3.63) is 22.7 Å². The van der Waals surface area contributed by atoms with Gasteiger partial charge in [-0.05, 0) is 35.0 Å². The largest absolute Gasteiger partial charge is 0.493 e. The second-order valence-electron chi connectivity index (χ2n) is 4.94. The molecule has 0 unspecified atom stereocenters. The lowest BCUT2D eigenvalue weighted by Gasteiger charge is -2.33. The fourth-order valence-corrected chi connectivity index (χ4v) is 4.10. The van der Waals surface area contributed by atoms with E-state index in [2.05, 4.69) is 15.9 Å². The van der Waals surface area contributed by atoms with Gasteiger partial charge in [-0.3, -0.25) is 4.79 Å². The van der Waals surface area contributed by atoms with Crippen LogP contribution >= 0.6 is 15.9 Å². The van der Waals surface area contributed by atoms with E-state index in [-0.39, 0.29) is 10.8 Å². The minimum absolute atomic E-state index is 0.0284. The van der Waals surface area contributed by atoms with Crippen LogP contribution in [0.15, 0.2) is 27.6 Å². The average molecular weight is 391 g/mol. The maximum atomic E-state index is 12.7. The first-order chi connectivity index (χ1) is 10.4. The number of hydrogen-bond acceptors (Lipinski definition) is 4. The number of amides is 1. The molecule has 1 aliphatic rings. The summed E-state index contributed by atoms with van der Waals surface area (Å²) in [5.74, 6) is 0.477. The van der Waals surface area contributed by atoms with E-state index in [0.29, 0.717) is 38.5 Å². The Bertz CT molecular complexity index is 655. The molecule has 0 aromatic heterocycles. The summed E-state index contributed by atoms with van der Waals surface area (Å²) in [5.41, 5.74) is 0. The van der Waals surface area contributed by atoms with E-state index < -0.39 is 10.0 Å². The maximum absolute atomic E-state index is 12.7. The van der Waals surface area contributed by atoms with Crippen LogP contribution in [0.2, 0.25) is 0 Å². The predicted octanol–water partition coefficient (Wildman–Crippen LogP) is 1.70. The zero-order valence-electron chi connectivity index (χ0n) is 12.6. The molecule has 0 aliphatic carbocycles. The van der Waals surface area contributed by atoms with Gasteiger partial charge in [0.1, 0.15) is 5.75 Å². The molecule has 0 atom stereocenters. The molecule has 6 nitrogen and oxygen atoms in total. The summed E-state index contributed by atoms with van der Waals surface area (Å²) in [6, 6.07) is 4.75. The van der Waals surface area contributed by atoms with Crippen LogP contribution in [-0.2, 0) is 14.8 Å². The molecule has 1 amide bonds. The van der Waals surface area contributed by atoms with Crippen molar-refractivity contribution in [2.24, 2.45) is 0 Å². The topological polar surface area (TPSA) is 66.9 Å². The average Bonchev–Trinajstić information content (AvgIpc) is 2.49. The summed E-state index contributed by atoms with van der Waals surface area (Å²) in [5, 5.41) is 0. The quantitative estimate of drug-likeness (QED) is 0.784. The van der Waals surface area contributed by atoms with Gasteiger partial charge < -0.3 is 9.64 Å². The molecule has 1 aromatic carbocycles. The van der Waals surface area contributed by atoms with Gasteiger partial charge in [0, 0.05) is 39.2 Å². The zero-order valence-corrected chi connectivity index (χ0v) is 15.0. The van der Waals surface area contributed by atoms with E-state index in [1.54, 1.807) is 17.0 Å². The number of carbonyl (C=O) groups is 1. The van der Waals surface area contributed by atoms with Crippen molar-refractivity contribution in [2.45, 2.75) is 18.7 Å². The number of ether oxygens (including phenoxy) is 1. The number of halogens is 1. The number of benzene rings is 1. The molecule has 0 bridgehead atoms. The number of nitrogens with zero attached hydrogens (tertiary/aromatic N) is 2. The Balaban J connectivity index is 2.21. The van der Waals surface area contributed by atoms with Crippen molar-refractivity contribution in [3.8, 4) is 5.75 Å². The Hall–Kier alpha value is -1.12. The normalized spacial score (nSPS) is 16.6. The van der Waals surface area contributed by atoms with E-state index in [4.69, 9.17) is 4.74 Å². The molecular weight excluding hydrogens is 372 g/mol. The van der Waals surface area contributed by atoms with E-state index in [1.807, 2.05) is 6.92 Å². The van der Waals surface area contributed by atoms with Crippen LogP contribution < -0.4 is 4.74 Å². The molecule has 22 heavy (non-hydrogen) atoms. The van der Waals surface area contributed by atoms with E-state index in [1.165, 1.54) is 17.3 Å². The van der Waals surface area contributed by atoms with Crippen molar-refractivity contribution in [3.63, 3.8) is 0 Å². The van der Waals surface area contributed by atoms with Gasteiger partial charge >= 0.3 is 0 Å². The van der Waals surface area contributed by atoms with Gasteiger partial charge in [-0.25, -0.2) is 8.42 Å². The van der Waals surface area contributed by atoms with Crippen LogP contribution in [0, 0.1) is 0 Å². The Morgan fingerprint density at radius 3 is 2.45 bits per heavy atom. The fraction of sp³-hybridized carbons (Fsp3) is 0.500. The van der Waals surface area contributed by atoms with Gasteiger partial charge in [-0.2, -0.15) is 4.31 Å². The molecular formula is C14H19BrN2O4S. The summed E-state index contributed by atoms with van der Waals surface area (Å²) in [6.07, 6.45) is 0. The molecule has 0 N–H and O–H groups in total. The van der Waals surface area contributed by atoms with E-state index >= 15 is 0 Å². The first kappa shape index (κ1) is 17.2. The predicted molar refractivity (Wildman–Crippen MR) is 86.3 cm³/mol. The number of piperazine rings is 1. The van der Waals surface area contributed by atoms with Crippen molar-refractivity contribution in [1.29, 1.82) is 0 Å². The third-order valence-electron chi connectivity index (χ3n) is 3.52. The van der Waals surface area contributed by atoms with Gasteiger partial charge in [0.05, 0.1) is 16.0 Å². The number of sulfonamides is 1. The monoisotopic (exact) mass is 390 g/mol. The lowest BCUT2D eigenvalue weighted by atomic mass is 10.3. The van der Waals surface area contributed by atoms with Crippen molar-refractivity contribution in [2.75, 3.05) is 32.8 Å². The highest BCUT2D eigenvalue weighted by Gasteiger charge is 2.29. The number of rotatable bonds is 4. The summed E-state index contributed by atoms with van der Waals surface area (Å²) < 4.78 is 32.9. The molecule has 0 saturated carbocycles. The zero-order chi connectivity index (χ0) is 16.3. The van der Waals surface area contributed by atoms with Crippen LogP contribution in [0.1, 0.15) is 13.8 Å². The summed E-state index contributed by atoms with van der Waals surface area (Å²) in [6.45, 7) is 5.25. The Morgan fingerprint density at radius 2 is 1.91 bits per heavy atom. The minimum Gasteiger partial charge on any atom is -0.493 e. The molecule has 1 saturated heterocycles. The highest BCUT2D eigenvalue weighted by atomic mass is 79.9. The maximum Gasteiger partial charge on any atom is 0.243 e. The highest BCUT2D eigenvalue weighted by Crippen LogP contribution is 2.29. The summed E-state index contributed by atoms with van der Waals surface area (Å²) >= 11 is 3.34. The second kappa shape index (κ2) is 6.97. The Labute approximate surface area is 139 Å². The van der Waals surface area contributed by atoms with Crippen molar-refractivity contribution < 1.29 is 17.9 Å². The molecule has 0 spiro atoms.